The highest BCUT2D eigenvalue weighted by molar-refractivity contribution is 9.10. The number of carbonyl (C=O) groups excluding carboxylic acids is 1. The van der Waals surface area contributed by atoms with Gasteiger partial charge in [-0.05, 0) is 29.0 Å². The minimum atomic E-state index is -0.145. The van der Waals surface area contributed by atoms with Crippen molar-refractivity contribution in [2.75, 3.05) is 11.9 Å². The maximum atomic E-state index is 11.6. The van der Waals surface area contributed by atoms with Crippen LogP contribution in [0.1, 0.15) is 0 Å². The number of halogens is 1. The Morgan fingerprint density at radius 1 is 1.64 bits per heavy atom. The zero-order valence-corrected chi connectivity index (χ0v) is 9.48. The molecule has 0 aliphatic rings. The lowest BCUT2D eigenvalue weighted by molar-refractivity contribution is 0.568. The second-order valence-electron chi connectivity index (χ2n) is 2.86. The highest BCUT2D eigenvalue weighted by Crippen LogP contribution is 2.13. The monoisotopic (exact) mass is 255 g/mol. The summed E-state index contributed by atoms with van der Waals surface area (Å²) in [6.45, 7) is 0. The third kappa shape index (κ3) is 2.26. The molecule has 0 spiro atoms. The summed E-state index contributed by atoms with van der Waals surface area (Å²) in [6.07, 6.45) is 2.31. The van der Waals surface area contributed by atoms with Crippen LogP contribution in [0.25, 0.3) is 0 Å². The zero-order chi connectivity index (χ0) is 10.7. The first-order valence-corrected chi connectivity index (χ1v) is 4.73. The van der Waals surface area contributed by atoms with E-state index in [-0.39, 0.29) is 5.56 Å². The van der Waals surface area contributed by atoms with Crippen LogP contribution in [0.2, 0.25) is 0 Å². The van der Waals surface area contributed by atoms with Crippen molar-refractivity contribution in [1.29, 1.82) is 0 Å². The molecule has 1 rings (SSSR count). The van der Waals surface area contributed by atoms with Gasteiger partial charge in [0, 0.05) is 17.7 Å². The number of hydrogen-bond donors (Lipinski definition) is 0. The Hall–Kier alpha value is -1.04. The SMILES string of the molecule is CN([B]C=O)c1cc(Br)cn(C)c1=O. The summed E-state index contributed by atoms with van der Waals surface area (Å²) in [5.41, 5.74) is 0.308. The van der Waals surface area contributed by atoms with E-state index in [1.807, 2.05) is 0 Å². The molecule has 1 heterocycles. The Morgan fingerprint density at radius 3 is 2.86 bits per heavy atom. The molecule has 1 radical (unpaired) electrons. The van der Waals surface area contributed by atoms with Gasteiger partial charge in [0.05, 0.1) is 5.69 Å². The van der Waals surface area contributed by atoms with E-state index in [1.54, 1.807) is 26.4 Å². The lowest BCUT2D eigenvalue weighted by atomic mass is 9.95. The van der Waals surface area contributed by atoms with E-state index in [0.717, 1.165) is 4.47 Å². The molecule has 0 N–H and O–H groups in total. The fourth-order valence-electron chi connectivity index (χ4n) is 1.08. The maximum Gasteiger partial charge on any atom is 0.328 e. The minimum absolute atomic E-state index is 0.145. The van der Waals surface area contributed by atoms with Gasteiger partial charge in [-0.15, -0.1) is 0 Å². The molecule has 0 fully saturated rings. The predicted molar refractivity (Wildman–Crippen MR) is 60.3 cm³/mol. The third-order valence-corrected chi connectivity index (χ3v) is 2.23. The molecule has 0 aliphatic heterocycles. The fraction of sp³-hybridized carbons (Fsp3) is 0.250. The van der Waals surface area contributed by atoms with Gasteiger partial charge in [-0.1, -0.05) is 0 Å². The zero-order valence-electron chi connectivity index (χ0n) is 7.90. The molecule has 73 valence electrons. The van der Waals surface area contributed by atoms with Gasteiger partial charge in [-0.25, -0.2) is 0 Å². The Morgan fingerprint density at radius 2 is 2.29 bits per heavy atom. The molecular weight excluding hydrogens is 247 g/mol. The normalized spacial score (nSPS) is 9.64. The maximum absolute atomic E-state index is 11.6. The summed E-state index contributed by atoms with van der Waals surface area (Å²) in [5, 5.41) is 0. The van der Waals surface area contributed by atoms with Gasteiger partial charge in [-0.2, -0.15) is 0 Å². The number of pyridine rings is 1. The summed E-state index contributed by atoms with van der Waals surface area (Å²) in [6, 6.07) is 1.67. The van der Waals surface area contributed by atoms with E-state index in [0.29, 0.717) is 11.9 Å². The molecule has 0 unspecified atom stereocenters. The quantitative estimate of drug-likeness (QED) is 0.580. The number of hydrogen-bond acceptors (Lipinski definition) is 3. The predicted octanol–water partition coefficient (Wildman–Crippen LogP) is 0.393. The first-order chi connectivity index (χ1) is 6.56. The molecule has 0 bridgehead atoms. The largest absolute Gasteiger partial charge is 0.411 e. The van der Waals surface area contributed by atoms with Gasteiger partial charge in [0.25, 0.3) is 5.56 Å². The fourth-order valence-corrected chi connectivity index (χ4v) is 1.60. The van der Waals surface area contributed by atoms with E-state index in [4.69, 9.17) is 0 Å². The molecule has 14 heavy (non-hydrogen) atoms. The van der Waals surface area contributed by atoms with E-state index in [2.05, 4.69) is 15.9 Å². The molecule has 1 aromatic rings. The molecule has 1 aromatic heterocycles. The summed E-state index contributed by atoms with van der Waals surface area (Å²) in [5.74, 6) is 0. The van der Waals surface area contributed by atoms with E-state index < -0.39 is 0 Å². The van der Waals surface area contributed by atoms with Crippen molar-refractivity contribution in [2.45, 2.75) is 0 Å². The number of aryl methyl sites for hydroxylation is 1. The van der Waals surface area contributed by atoms with Crippen molar-refractivity contribution in [2.24, 2.45) is 7.05 Å². The topological polar surface area (TPSA) is 42.3 Å². The summed E-state index contributed by atoms with van der Waals surface area (Å²) in [7, 11) is 4.60. The third-order valence-electron chi connectivity index (χ3n) is 1.80. The first-order valence-electron chi connectivity index (χ1n) is 3.94. The average Bonchev–Trinajstić information content (AvgIpc) is 2.11. The van der Waals surface area contributed by atoms with Crippen LogP contribution >= 0.6 is 15.9 Å². The molecular formula is C8H9BBrN2O2. The molecule has 0 aromatic carbocycles. The number of carbonyl (C=O) groups is 1. The van der Waals surface area contributed by atoms with Crippen LogP contribution in [-0.4, -0.2) is 25.2 Å². The van der Waals surface area contributed by atoms with Crippen molar-refractivity contribution < 1.29 is 4.79 Å². The molecule has 0 aliphatic carbocycles. The Kier molecular flexibility index (Phi) is 3.52. The van der Waals surface area contributed by atoms with Crippen LogP contribution in [-0.2, 0) is 11.8 Å². The van der Waals surface area contributed by atoms with Crippen LogP contribution in [0.5, 0.6) is 0 Å². The number of aromatic nitrogens is 1. The lowest BCUT2D eigenvalue weighted by Crippen LogP contribution is -2.31. The minimum Gasteiger partial charge on any atom is -0.411 e. The Balaban J connectivity index is 3.20. The molecule has 4 nitrogen and oxygen atoms in total. The smallest absolute Gasteiger partial charge is 0.328 e. The van der Waals surface area contributed by atoms with Crippen molar-refractivity contribution in [3.63, 3.8) is 0 Å². The first kappa shape index (κ1) is 11.0. The summed E-state index contributed by atoms with van der Waals surface area (Å²) < 4.78 is 2.25. The average molecular weight is 256 g/mol. The van der Waals surface area contributed by atoms with E-state index in [1.165, 1.54) is 16.8 Å². The highest BCUT2D eigenvalue weighted by atomic mass is 79.9. The highest BCUT2D eigenvalue weighted by Gasteiger charge is 2.08. The second-order valence-corrected chi connectivity index (χ2v) is 3.77. The van der Waals surface area contributed by atoms with Gasteiger partial charge in [0.2, 0.25) is 0 Å². The summed E-state index contributed by atoms with van der Waals surface area (Å²) >= 11 is 3.28. The molecule has 0 atom stereocenters. The second kappa shape index (κ2) is 4.46. The number of nitrogens with zero attached hydrogens (tertiary/aromatic N) is 2. The molecule has 0 saturated carbocycles. The van der Waals surface area contributed by atoms with Gasteiger partial charge in [0.15, 0.2) is 0 Å². The molecule has 0 saturated heterocycles. The van der Waals surface area contributed by atoms with Crippen molar-refractivity contribution in [3.05, 3.63) is 27.1 Å². The van der Waals surface area contributed by atoms with Crippen LogP contribution in [0.15, 0.2) is 21.5 Å². The van der Waals surface area contributed by atoms with Gasteiger partial charge in [-0.3, -0.25) is 4.79 Å². The number of anilines is 1. The van der Waals surface area contributed by atoms with Gasteiger partial charge >= 0.3 is 7.41 Å². The lowest BCUT2D eigenvalue weighted by Gasteiger charge is -2.15. The van der Waals surface area contributed by atoms with Crippen molar-refractivity contribution >= 4 is 35.2 Å². The van der Waals surface area contributed by atoms with Gasteiger partial charge < -0.3 is 14.2 Å². The van der Waals surface area contributed by atoms with Crippen LogP contribution in [0.3, 0.4) is 0 Å². The van der Waals surface area contributed by atoms with E-state index in [9.17, 15) is 9.59 Å². The molecule has 6 heteroatoms. The molecule has 0 amide bonds. The number of rotatable bonds is 3. The van der Waals surface area contributed by atoms with Crippen LogP contribution in [0, 0.1) is 0 Å². The standard InChI is InChI=1S/C8H9BBrN2O2/c1-11-4-6(10)3-7(8(11)14)12(2)9-5-13/h3-5H,1-2H3. The van der Waals surface area contributed by atoms with Crippen molar-refractivity contribution in [3.8, 4) is 0 Å². The van der Waals surface area contributed by atoms with E-state index >= 15 is 0 Å². The Bertz CT molecular complexity index is 405. The van der Waals surface area contributed by atoms with Crippen LogP contribution < -0.4 is 10.4 Å². The van der Waals surface area contributed by atoms with Crippen molar-refractivity contribution in [1.82, 2.24) is 4.57 Å². The summed E-state index contributed by atoms with van der Waals surface area (Å²) in [4.78, 5) is 23.3. The van der Waals surface area contributed by atoms with Gasteiger partial charge in [0.1, 0.15) is 6.19 Å². The van der Waals surface area contributed by atoms with Crippen LogP contribution in [0.4, 0.5) is 5.69 Å². The Labute approximate surface area is 90.9 Å².